The van der Waals surface area contributed by atoms with Crippen LogP contribution in [-0.2, 0) is 16.4 Å². The molecule has 0 saturated carbocycles. The fourth-order valence-electron chi connectivity index (χ4n) is 2.47. The Bertz CT molecular complexity index is 848. The molecule has 3 rings (SSSR count). The second-order valence-corrected chi connectivity index (χ2v) is 6.94. The Labute approximate surface area is 134 Å². The van der Waals surface area contributed by atoms with E-state index < -0.39 is 10.0 Å². The first-order valence-corrected chi connectivity index (χ1v) is 8.77. The Morgan fingerprint density at radius 3 is 2.48 bits per heavy atom. The van der Waals surface area contributed by atoms with Crippen LogP contribution < -0.4 is 10.5 Å². The monoisotopic (exact) mass is 332 g/mol. The SMILES string of the molecule is NS(=O)(=O)c1ccc(Nc2ncc3c(n2)CCCCC3=O)cc1. The Balaban J connectivity index is 1.83. The Morgan fingerprint density at radius 2 is 1.78 bits per heavy atom. The third-order valence-corrected chi connectivity index (χ3v) is 4.60. The molecule has 8 heteroatoms. The van der Waals surface area contributed by atoms with Crippen LogP contribution in [0.15, 0.2) is 35.4 Å². The van der Waals surface area contributed by atoms with Crippen molar-refractivity contribution < 1.29 is 13.2 Å². The van der Waals surface area contributed by atoms with E-state index in [1.165, 1.54) is 12.1 Å². The van der Waals surface area contributed by atoms with Gasteiger partial charge in [0.1, 0.15) is 0 Å². The molecule has 0 saturated heterocycles. The van der Waals surface area contributed by atoms with E-state index in [4.69, 9.17) is 5.14 Å². The van der Waals surface area contributed by atoms with Crippen LogP contribution in [0, 0.1) is 0 Å². The third-order valence-electron chi connectivity index (χ3n) is 3.67. The van der Waals surface area contributed by atoms with Crippen molar-refractivity contribution in [3.8, 4) is 0 Å². The van der Waals surface area contributed by atoms with Gasteiger partial charge in [0.25, 0.3) is 0 Å². The number of aromatic nitrogens is 2. The van der Waals surface area contributed by atoms with Crippen molar-refractivity contribution in [2.75, 3.05) is 5.32 Å². The molecule has 0 spiro atoms. The van der Waals surface area contributed by atoms with Crippen molar-refractivity contribution >= 4 is 27.4 Å². The van der Waals surface area contributed by atoms with Crippen LogP contribution in [0.3, 0.4) is 0 Å². The van der Waals surface area contributed by atoms with E-state index in [0.717, 1.165) is 25.0 Å². The summed E-state index contributed by atoms with van der Waals surface area (Å²) in [6, 6.07) is 5.98. The number of hydrogen-bond acceptors (Lipinski definition) is 6. The smallest absolute Gasteiger partial charge is 0.238 e. The number of aryl methyl sites for hydroxylation is 1. The number of ketones is 1. The molecule has 1 aliphatic rings. The van der Waals surface area contributed by atoms with Crippen LogP contribution in [0.25, 0.3) is 0 Å². The number of benzene rings is 1. The molecular formula is C15H16N4O3S. The number of sulfonamides is 1. The first-order valence-electron chi connectivity index (χ1n) is 7.22. The second-order valence-electron chi connectivity index (χ2n) is 5.38. The molecule has 7 nitrogen and oxygen atoms in total. The van der Waals surface area contributed by atoms with Gasteiger partial charge in [-0.3, -0.25) is 4.79 Å². The van der Waals surface area contributed by atoms with E-state index in [2.05, 4.69) is 15.3 Å². The molecule has 1 heterocycles. The maximum Gasteiger partial charge on any atom is 0.238 e. The van der Waals surface area contributed by atoms with Gasteiger partial charge in [0, 0.05) is 18.3 Å². The van der Waals surface area contributed by atoms with Crippen molar-refractivity contribution in [2.45, 2.75) is 30.6 Å². The minimum Gasteiger partial charge on any atom is -0.324 e. The molecule has 0 amide bonds. The number of Topliss-reactive ketones (excluding diaryl/α,β-unsaturated/α-hetero) is 1. The summed E-state index contributed by atoms with van der Waals surface area (Å²) in [6.45, 7) is 0. The van der Waals surface area contributed by atoms with Crippen LogP contribution in [0.2, 0.25) is 0 Å². The van der Waals surface area contributed by atoms with E-state index in [-0.39, 0.29) is 10.7 Å². The summed E-state index contributed by atoms with van der Waals surface area (Å²) in [7, 11) is -3.71. The summed E-state index contributed by atoms with van der Waals surface area (Å²) in [4.78, 5) is 20.5. The number of nitrogens with zero attached hydrogens (tertiary/aromatic N) is 2. The number of nitrogens with two attached hydrogens (primary N) is 1. The average Bonchev–Trinajstić information content (AvgIpc) is 2.68. The van der Waals surface area contributed by atoms with E-state index in [9.17, 15) is 13.2 Å². The average molecular weight is 332 g/mol. The molecule has 0 radical (unpaired) electrons. The number of nitrogens with one attached hydrogen (secondary N) is 1. The van der Waals surface area contributed by atoms with Crippen LogP contribution >= 0.6 is 0 Å². The second kappa shape index (κ2) is 6.05. The minimum absolute atomic E-state index is 0.0384. The molecule has 120 valence electrons. The summed E-state index contributed by atoms with van der Waals surface area (Å²) >= 11 is 0. The molecule has 1 aromatic carbocycles. The van der Waals surface area contributed by atoms with Crippen molar-refractivity contribution in [3.63, 3.8) is 0 Å². The standard InChI is InChI=1S/C15H16N4O3S/c16-23(21,22)11-7-5-10(6-8-11)18-15-17-9-12-13(19-15)3-1-2-4-14(12)20/h5-9H,1-4H2,(H2,16,21,22)(H,17,18,19). The predicted octanol–water partition coefficient (Wildman–Crippen LogP) is 1.78. The van der Waals surface area contributed by atoms with Crippen molar-refractivity contribution in [1.29, 1.82) is 0 Å². The van der Waals surface area contributed by atoms with Crippen LogP contribution in [-0.4, -0.2) is 24.2 Å². The first kappa shape index (κ1) is 15.6. The number of fused-ring (bicyclic) bond motifs is 1. The van der Waals surface area contributed by atoms with Crippen LogP contribution in [0.5, 0.6) is 0 Å². The third kappa shape index (κ3) is 3.54. The summed E-state index contributed by atoms with van der Waals surface area (Å²) in [5.74, 6) is 0.461. The van der Waals surface area contributed by atoms with Gasteiger partial charge >= 0.3 is 0 Å². The molecule has 3 N–H and O–H groups in total. The van der Waals surface area contributed by atoms with Gasteiger partial charge in [0.2, 0.25) is 16.0 Å². The number of rotatable bonds is 3. The summed E-state index contributed by atoms with van der Waals surface area (Å²) in [5.41, 5.74) is 1.99. The first-order chi connectivity index (χ1) is 10.9. The number of anilines is 2. The Morgan fingerprint density at radius 1 is 1.09 bits per heavy atom. The molecule has 1 aliphatic carbocycles. The van der Waals surface area contributed by atoms with Gasteiger partial charge in [-0.15, -0.1) is 0 Å². The van der Waals surface area contributed by atoms with Gasteiger partial charge in [-0.1, -0.05) is 0 Å². The zero-order chi connectivity index (χ0) is 16.4. The molecule has 0 fully saturated rings. The van der Waals surface area contributed by atoms with Gasteiger partial charge in [0.05, 0.1) is 16.2 Å². The summed E-state index contributed by atoms with van der Waals surface area (Å²) in [5, 5.41) is 8.06. The number of carbonyl (C=O) groups is 1. The lowest BCUT2D eigenvalue weighted by Crippen LogP contribution is -2.12. The van der Waals surface area contributed by atoms with E-state index >= 15 is 0 Å². The number of carbonyl (C=O) groups excluding carboxylic acids is 1. The minimum atomic E-state index is -3.71. The fraction of sp³-hybridized carbons (Fsp3) is 0.267. The largest absolute Gasteiger partial charge is 0.324 e. The lowest BCUT2D eigenvalue weighted by atomic mass is 10.1. The molecular weight excluding hydrogens is 316 g/mol. The number of hydrogen-bond donors (Lipinski definition) is 2. The summed E-state index contributed by atoms with van der Waals surface area (Å²) < 4.78 is 22.5. The molecule has 2 aromatic rings. The molecule has 0 unspecified atom stereocenters. The highest BCUT2D eigenvalue weighted by Gasteiger charge is 2.17. The van der Waals surface area contributed by atoms with E-state index in [1.807, 2.05) is 0 Å². The predicted molar refractivity (Wildman–Crippen MR) is 85.0 cm³/mol. The Hall–Kier alpha value is -2.32. The molecule has 0 aliphatic heterocycles. The van der Waals surface area contributed by atoms with Crippen molar-refractivity contribution in [2.24, 2.45) is 5.14 Å². The lowest BCUT2D eigenvalue weighted by molar-refractivity contribution is 0.0981. The van der Waals surface area contributed by atoms with Crippen LogP contribution in [0.1, 0.15) is 35.3 Å². The molecule has 23 heavy (non-hydrogen) atoms. The van der Waals surface area contributed by atoms with E-state index in [0.29, 0.717) is 23.6 Å². The fourth-order valence-corrected chi connectivity index (χ4v) is 2.99. The van der Waals surface area contributed by atoms with Gasteiger partial charge in [-0.2, -0.15) is 0 Å². The normalized spacial score (nSPS) is 14.9. The zero-order valence-electron chi connectivity index (χ0n) is 12.3. The highest BCUT2D eigenvalue weighted by atomic mass is 32.2. The van der Waals surface area contributed by atoms with Crippen molar-refractivity contribution in [1.82, 2.24) is 9.97 Å². The molecule has 0 atom stereocenters. The van der Waals surface area contributed by atoms with Gasteiger partial charge in [-0.25, -0.2) is 23.5 Å². The topological polar surface area (TPSA) is 115 Å². The van der Waals surface area contributed by atoms with Gasteiger partial charge in [0.15, 0.2) is 5.78 Å². The highest BCUT2D eigenvalue weighted by molar-refractivity contribution is 7.89. The highest BCUT2D eigenvalue weighted by Crippen LogP contribution is 2.21. The van der Waals surface area contributed by atoms with Gasteiger partial charge < -0.3 is 5.32 Å². The molecule has 0 bridgehead atoms. The molecule has 1 aromatic heterocycles. The lowest BCUT2D eigenvalue weighted by Gasteiger charge is -2.08. The van der Waals surface area contributed by atoms with Crippen molar-refractivity contribution in [3.05, 3.63) is 41.7 Å². The maximum atomic E-state index is 11.9. The quantitative estimate of drug-likeness (QED) is 0.828. The zero-order valence-corrected chi connectivity index (χ0v) is 13.1. The summed E-state index contributed by atoms with van der Waals surface area (Å²) in [6.07, 6.45) is 4.64. The maximum absolute atomic E-state index is 11.9. The van der Waals surface area contributed by atoms with E-state index in [1.54, 1.807) is 18.3 Å². The van der Waals surface area contributed by atoms with Crippen LogP contribution in [0.4, 0.5) is 11.6 Å². The van der Waals surface area contributed by atoms with Gasteiger partial charge in [-0.05, 0) is 43.5 Å². The Kier molecular flexibility index (Phi) is 4.10. The number of primary sulfonamides is 1.